The molecule has 0 radical (unpaired) electrons. The monoisotopic (exact) mass is 338 g/mol. The molecule has 0 atom stereocenters. The number of guanidine groups is 1. The van der Waals surface area contributed by atoms with Crippen molar-refractivity contribution in [1.29, 1.82) is 0 Å². The Morgan fingerprint density at radius 1 is 1.29 bits per heavy atom. The van der Waals surface area contributed by atoms with Gasteiger partial charge in [0.2, 0.25) is 5.89 Å². The van der Waals surface area contributed by atoms with E-state index < -0.39 is 5.60 Å². The first-order valence-electron chi connectivity index (χ1n) is 8.06. The molecule has 2 heterocycles. The number of rotatable bonds is 3. The van der Waals surface area contributed by atoms with Gasteiger partial charge in [-0.2, -0.15) is 4.98 Å². The summed E-state index contributed by atoms with van der Waals surface area (Å²) in [6, 6.07) is 0. The number of carbonyl (C=O) groups is 1. The minimum atomic E-state index is -0.484. The van der Waals surface area contributed by atoms with E-state index in [1.807, 2.05) is 25.7 Å². The van der Waals surface area contributed by atoms with Crippen LogP contribution in [0.15, 0.2) is 9.52 Å². The third-order valence-electron chi connectivity index (χ3n) is 3.42. The summed E-state index contributed by atoms with van der Waals surface area (Å²) >= 11 is 0. The molecule has 0 unspecified atom stereocenters. The van der Waals surface area contributed by atoms with Crippen LogP contribution in [0.1, 0.15) is 32.5 Å². The molecule has 1 fully saturated rings. The van der Waals surface area contributed by atoms with Crippen molar-refractivity contribution in [3.63, 3.8) is 0 Å². The minimum absolute atomic E-state index is 0.288. The highest BCUT2D eigenvalue weighted by atomic mass is 16.6. The van der Waals surface area contributed by atoms with Crippen LogP contribution in [0.25, 0.3) is 0 Å². The highest BCUT2D eigenvalue weighted by molar-refractivity contribution is 5.78. The Labute approximate surface area is 141 Å². The number of ether oxygens (including phenoxy) is 1. The molecule has 0 aliphatic carbocycles. The van der Waals surface area contributed by atoms with Crippen LogP contribution < -0.4 is 5.73 Å². The Hall–Kier alpha value is -2.32. The highest BCUT2D eigenvalue weighted by Crippen LogP contribution is 2.11. The molecule has 0 aromatic carbocycles. The smallest absolute Gasteiger partial charge is 0.410 e. The summed E-state index contributed by atoms with van der Waals surface area (Å²) in [5.74, 6) is 1.63. The normalized spacial score (nSPS) is 16.4. The van der Waals surface area contributed by atoms with E-state index in [0.717, 1.165) is 0 Å². The molecule has 9 nitrogen and oxygen atoms in total. The van der Waals surface area contributed by atoms with Crippen molar-refractivity contribution in [3.8, 4) is 0 Å². The molecule has 134 valence electrons. The number of aromatic nitrogens is 2. The summed E-state index contributed by atoms with van der Waals surface area (Å²) < 4.78 is 10.4. The summed E-state index contributed by atoms with van der Waals surface area (Å²) in [6.45, 7) is 10.2. The van der Waals surface area contributed by atoms with Gasteiger partial charge in [0.05, 0.1) is 6.54 Å². The third-order valence-corrected chi connectivity index (χ3v) is 3.42. The number of hydrogen-bond donors (Lipinski definition) is 1. The first-order valence-corrected chi connectivity index (χ1v) is 8.06. The molecule has 1 amide bonds. The van der Waals surface area contributed by atoms with Crippen molar-refractivity contribution in [1.82, 2.24) is 19.9 Å². The Morgan fingerprint density at radius 2 is 1.92 bits per heavy atom. The molecule has 1 aromatic rings. The third kappa shape index (κ3) is 5.39. The van der Waals surface area contributed by atoms with Gasteiger partial charge in [-0.05, 0) is 27.7 Å². The second kappa shape index (κ2) is 7.50. The lowest BCUT2D eigenvalue weighted by molar-refractivity contribution is 0.0186. The van der Waals surface area contributed by atoms with E-state index in [-0.39, 0.29) is 6.09 Å². The average Bonchev–Trinajstić information content (AvgIpc) is 2.91. The van der Waals surface area contributed by atoms with Gasteiger partial charge in [-0.25, -0.2) is 4.79 Å². The van der Waals surface area contributed by atoms with Crippen molar-refractivity contribution in [2.75, 3.05) is 32.7 Å². The summed E-state index contributed by atoms with van der Waals surface area (Å²) in [6.07, 6.45) is 0.267. The topological polar surface area (TPSA) is 110 Å². The lowest BCUT2D eigenvalue weighted by atomic mass is 10.2. The van der Waals surface area contributed by atoms with Gasteiger partial charge in [-0.15, -0.1) is 0 Å². The maximum absolute atomic E-state index is 12.0. The molecule has 1 aliphatic heterocycles. The van der Waals surface area contributed by atoms with E-state index in [1.165, 1.54) is 0 Å². The molecule has 2 N–H and O–H groups in total. The number of aliphatic imine (C=N–C) groups is 1. The largest absolute Gasteiger partial charge is 0.444 e. The molecule has 0 spiro atoms. The first kappa shape index (κ1) is 18.0. The van der Waals surface area contributed by atoms with E-state index in [4.69, 9.17) is 15.0 Å². The summed E-state index contributed by atoms with van der Waals surface area (Å²) in [5, 5.41) is 3.73. The molecule has 0 bridgehead atoms. The van der Waals surface area contributed by atoms with E-state index in [9.17, 15) is 4.79 Å². The zero-order valence-electron chi connectivity index (χ0n) is 14.8. The Bertz CT molecular complexity index is 584. The number of hydrogen-bond acceptors (Lipinski definition) is 6. The quantitative estimate of drug-likeness (QED) is 0.640. The molecule has 2 rings (SSSR count). The first-order chi connectivity index (χ1) is 11.2. The summed E-state index contributed by atoms with van der Waals surface area (Å²) in [5.41, 5.74) is 5.53. The van der Waals surface area contributed by atoms with Gasteiger partial charge >= 0.3 is 6.09 Å². The van der Waals surface area contributed by atoms with Crippen molar-refractivity contribution < 1.29 is 14.1 Å². The van der Waals surface area contributed by atoms with E-state index in [1.54, 1.807) is 11.8 Å². The van der Waals surface area contributed by atoms with Crippen LogP contribution in [-0.2, 0) is 11.2 Å². The van der Waals surface area contributed by atoms with Crippen LogP contribution in [0.5, 0.6) is 0 Å². The second-order valence-electron chi connectivity index (χ2n) is 6.68. The van der Waals surface area contributed by atoms with Crippen molar-refractivity contribution in [3.05, 3.63) is 11.7 Å². The van der Waals surface area contributed by atoms with E-state index in [2.05, 4.69) is 15.1 Å². The number of piperazine rings is 1. The number of amides is 1. The van der Waals surface area contributed by atoms with Gasteiger partial charge in [-0.3, -0.25) is 4.99 Å². The second-order valence-corrected chi connectivity index (χ2v) is 6.68. The average molecular weight is 338 g/mol. The molecular formula is C15H26N6O3. The number of nitrogens with two attached hydrogens (primary N) is 1. The van der Waals surface area contributed by atoms with Crippen molar-refractivity contribution >= 4 is 12.1 Å². The molecule has 9 heteroatoms. The molecule has 0 saturated carbocycles. The number of carbonyl (C=O) groups excluding carboxylic acids is 1. The van der Waals surface area contributed by atoms with Gasteiger partial charge in [-0.1, -0.05) is 5.16 Å². The lowest BCUT2D eigenvalue weighted by Crippen LogP contribution is -2.53. The predicted molar refractivity (Wildman–Crippen MR) is 88.6 cm³/mol. The van der Waals surface area contributed by atoms with Crippen LogP contribution >= 0.6 is 0 Å². The Morgan fingerprint density at radius 3 is 2.46 bits per heavy atom. The Balaban J connectivity index is 1.76. The van der Waals surface area contributed by atoms with Gasteiger partial charge < -0.3 is 24.8 Å². The van der Waals surface area contributed by atoms with Gasteiger partial charge in [0.25, 0.3) is 0 Å². The van der Waals surface area contributed by atoms with Gasteiger partial charge in [0, 0.05) is 32.6 Å². The lowest BCUT2D eigenvalue weighted by Gasteiger charge is -2.36. The molecular weight excluding hydrogens is 312 g/mol. The fourth-order valence-electron chi connectivity index (χ4n) is 2.25. The predicted octanol–water partition coefficient (Wildman–Crippen LogP) is 0.788. The molecule has 24 heavy (non-hydrogen) atoms. The van der Waals surface area contributed by atoms with E-state index >= 15 is 0 Å². The maximum atomic E-state index is 12.0. The zero-order valence-corrected chi connectivity index (χ0v) is 14.8. The fraction of sp³-hybridized carbons (Fsp3) is 0.733. The van der Waals surface area contributed by atoms with Crippen molar-refractivity contribution in [2.45, 2.75) is 39.7 Å². The fourth-order valence-corrected chi connectivity index (χ4v) is 2.25. The molecule has 1 aromatic heterocycles. The minimum Gasteiger partial charge on any atom is -0.444 e. The summed E-state index contributed by atoms with van der Waals surface area (Å²) in [4.78, 5) is 24.1. The maximum Gasteiger partial charge on any atom is 0.410 e. The van der Waals surface area contributed by atoms with Crippen LogP contribution in [0.2, 0.25) is 0 Å². The SMILES string of the molecule is Cc1noc(CCN=C(N)N2CCN(C(=O)OC(C)(C)C)CC2)n1. The van der Waals surface area contributed by atoms with Crippen molar-refractivity contribution in [2.24, 2.45) is 10.7 Å². The Kier molecular flexibility index (Phi) is 5.63. The van der Waals surface area contributed by atoms with Gasteiger partial charge in [0.15, 0.2) is 11.8 Å². The van der Waals surface area contributed by atoms with E-state index in [0.29, 0.717) is 56.8 Å². The van der Waals surface area contributed by atoms with Crippen LogP contribution in [0.3, 0.4) is 0 Å². The highest BCUT2D eigenvalue weighted by Gasteiger charge is 2.26. The standard InChI is InChI=1S/C15H26N6O3/c1-11-18-12(24-19-11)5-6-17-13(16)20-7-9-21(10-8-20)14(22)23-15(2,3)4/h5-10H2,1-4H3,(H2,16,17). The summed E-state index contributed by atoms with van der Waals surface area (Å²) in [7, 11) is 0. The number of nitrogens with zero attached hydrogens (tertiary/aromatic N) is 5. The van der Waals surface area contributed by atoms with Crippen LogP contribution in [0.4, 0.5) is 4.79 Å². The van der Waals surface area contributed by atoms with Crippen LogP contribution in [-0.4, -0.2) is 70.3 Å². The zero-order chi connectivity index (χ0) is 17.7. The van der Waals surface area contributed by atoms with Crippen LogP contribution in [0, 0.1) is 6.92 Å². The van der Waals surface area contributed by atoms with Gasteiger partial charge in [0.1, 0.15) is 5.60 Å². The number of aryl methyl sites for hydroxylation is 1. The molecule has 1 saturated heterocycles. The molecule has 1 aliphatic rings.